The van der Waals surface area contributed by atoms with Gasteiger partial charge in [0.05, 0.1) is 43.0 Å². The van der Waals surface area contributed by atoms with Crippen LogP contribution in [0.1, 0.15) is 23.0 Å². The van der Waals surface area contributed by atoms with Crippen molar-refractivity contribution in [1.29, 1.82) is 0 Å². The molecule has 148 valence electrons. The smallest absolute Gasteiger partial charge is 0.291 e. The maximum Gasteiger partial charge on any atom is 0.291 e. The lowest BCUT2D eigenvalue weighted by atomic mass is 10.1. The second-order valence-corrected chi connectivity index (χ2v) is 6.19. The van der Waals surface area contributed by atoms with E-state index in [4.69, 9.17) is 21.1 Å². The Morgan fingerprint density at radius 2 is 2.00 bits per heavy atom. The number of hydrogen-bond acceptors (Lipinski definition) is 6. The zero-order valence-electron chi connectivity index (χ0n) is 15.9. The molecule has 7 nitrogen and oxygen atoms in total. The highest BCUT2D eigenvalue weighted by Gasteiger charge is 2.10. The third kappa shape index (κ3) is 5.08. The first kappa shape index (κ1) is 20.3. The Balaban J connectivity index is 1.71. The van der Waals surface area contributed by atoms with Crippen LogP contribution in [0.4, 0.5) is 0 Å². The number of rotatable bonds is 7. The van der Waals surface area contributed by atoms with Gasteiger partial charge in [0.25, 0.3) is 5.91 Å². The number of carbonyl (C=O) groups excluding carboxylic acids is 1. The molecule has 0 atom stereocenters. The van der Waals surface area contributed by atoms with Crippen molar-refractivity contribution in [2.24, 2.45) is 5.10 Å². The SMILES string of the molecule is CCOc1ccc(-c2cncc(C(=O)N/N=C/c3cccc(OC)c3Cl)n2)cc1. The van der Waals surface area contributed by atoms with E-state index in [1.165, 1.54) is 19.5 Å². The standard InChI is InChI=1S/C21H19ClN4O3/c1-3-29-16-9-7-14(8-10-16)17-12-23-13-18(25-17)21(27)26-24-11-15-5-4-6-19(28-2)20(15)22/h4-13H,3H2,1-2H3,(H,26,27)/b24-11+. The van der Waals surface area contributed by atoms with Crippen LogP contribution in [-0.2, 0) is 0 Å². The van der Waals surface area contributed by atoms with Gasteiger partial charge >= 0.3 is 0 Å². The van der Waals surface area contributed by atoms with Crippen molar-refractivity contribution < 1.29 is 14.3 Å². The minimum Gasteiger partial charge on any atom is -0.495 e. The van der Waals surface area contributed by atoms with Crippen molar-refractivity contribution in [2.75, 3.05) is 13.7 Å². The number of hydrogen-bond donors (Lipinski definition) is 1. The fraction of sp³-hybridized carbons (Fsp3) is 0.143. The monoisotopic (exact) mass is 410 g/mol. The number of ether oxygens (including phenoxy) is 2. The average Bonchev–Trinajstić information content (AvgIpc) is 2.76. The highest BCUT2D eigenvalue weighted by atomic mass is 35.5. The van der Waals surface area contributed by atoms with E-state index in [1.54, 1.807) is 24.4 Å². The topological polar surface area (TPSA) is 85.7 Å². The summed E-state index contributed by atoms with van der Waals surface area (Å²) in [5.74, 6) is 0.806. The minimum absolute atomic E-state index is 0.144. The number of benzene rings is 2. The summed E-state index contributed by atoms with van der Waals surface area (Å²) < 4.78 is 10.6. The Kier molecular flexibility index (Phi) is 6.76. The number of amides is 1. The highest BCUT2D eigenvalue weighted by Crippen LogP contribution is 2.26. The largest absolute Gasteiger partial charge is 0.495 e. The molecule has 2 aromatic carbocycles. The van der Waals surface area contributed by atoms with E-state index in [0.717, 1.165) is 11.3 Å². The summed E-state index contributed by atoms with van der Waals surface area (Å²) >= 11 is 6.20. The summed E-state index contributed by atoms with van der Waals surface area (Å²) in [5.41, 5.74) is 4.57. The van der Waals surface area contributed by atoms with Gasteiger partial charge in [-0.2, -0.15) is 5.10 Å². The number of hydrazone groups is 1. The van der Waals surface area contributed by atoms with Crippen LogP contribution < -0.4 is 14.9 Å². The molecule has 3 rings (SSSR count). The van der Waals surface area contributed by atoms with Crippen molar-refractivity contribution in [3.63, 3.8) is 0 Å². The summed E-state index contributed by atoms with van der Waals surface area (Å²) in [7, 11) is 1.53. The van der Waals surface area contributed by atoms with Gasteiger partial charge in [0, 0.05) is 11.1 Å². The molecule has 0 bridgehead atoms. The summed E-state index contributed by atoms with van der Waals surface area (Å²) in [6.45, 7) is 2.52. The zero-order valence-corrected chi connectivity index (χ0v) is 16.7. The maximum absolute atomic E-state index is 12.4. The fourth-order valence-corrected chi connectivity index (χ4v) is 2.76. The van der Waals surface area contributed by atoms with Gasteiger partial charge < -0.3 is 9.47 Å². The molecule has 0 aliphatic heterocycles. The average molecular weight is 411 g/mol. The van der Waals surface area contributed by atoms with Crippen LogP contribution in [0.5, 0.6) is 11.5 Å². The molecule has 1 heterocycles. The number of carbonyl (C=O) groups is 1. The lowest BCUT2D eigenvalue weighted by molar-refractivity contribution is 0.0950. The summed E-state index contributed by atoms with van der Waals surface area (Å²) in [5, 5.41) is 4.35. The van der Waals surface area contributed by atoms with Crippen LogP contribution in [0.25, 0.3) is 11.3 Å². The molecule has 0 saturated carbocycles. The second kappa shape index (κ2) is 9.66. The normalized spacial score (nSPS) is 10.7. The Morgan fingerprint density at radius 3 is 2.72 bits per heavy atom. The number of aromatic nitrogens is 2. The predicted octanol–water partition coefficient (Wildman–Crippen LogP) is 3.97. The molecular weight excluding hydrogens is 392 g/mol. The minimum atomic E-state index is -0.486. The van der Waals surface area contributed by atoms with E-state index in [-0.39, 0.29) is 5.69 Å². The Morgan fingerprint density at radius 1 is 1.21 bits per heavy atom. The molecule has 1 aromatic heterocycles. The molecule has 3 aromatic rings. The Hall–Kier alpha value is -3.45. The van der Waals surface area contributed by atoms with Gasteiger partial charge in [-0.3, -0.25) is 9.78 Å². The van der Waals surface area contributed by atoms with Crippen LogP contribution in [-0.4, -0.2) is 35.8 Å². The van der Waals surface area contributed by atoms with Gasteiger partial charge in [-0.15, -0.1) is 0 Å². The molecule has 1 N–H and O–H groups in total. The molecule has 0 spiro atoms. The first-order chi connectivity index (χ1) is 14.1. The lowest BCUT2D eigenvalue weighted by Crippen LogP contribution is -2.19. The molecule has 29 heavy (non-hydrogen) atoms. The van der Waals surface area contributed by atoms with Crippen molar-refractivity contribution in [2.45, 2.75) is 6.92 Å². The van der Waals surface area contributed by atoms with Crippen molar-refractivity contribution >= 4 is 23.7 Å². The van der Waals surface area contributed by atoms with E-state index < -0.39 is 5.91 Å². The highest BCUT2D eigenvalue weighted by molar-refractivity contribution is 6.34. The van der Waals surface area contributed by atoms with Gasteiger partial charge in [0.2, 0.25) is 0 Å². The molecular formula is C21H19ClN4O3. The molecule has 0 aliphatic carbocycles. The van der Waals surface area contributed by atoms with E-state index in [9.17, 15) is 4.79 Å². The molecule has 0 unspecified atom stereocenters. The molecule has 0 saturated heterocycles. The maximum atomic E-state index is 12.4. The van der Waals surface area contributed by atoms with Crippen LogP contribution in [0.3, 0.4) is 0 Å². The van der Waals surface area contributed by atoms with Gasteiger partial charge in [0.15, 0.2) is 0 Å². The van der Waals surface area contributed by atoms with E-state index >= 15 is 0 Å². The number of halogens is 1. The van der Waals surface area contributed by atoms with Crippen molar-refractivity contribution in [3.05, 3.63) is 71.1 Å². The van der Waals surface area contributed by atoms with Crippen molar-refractivity contribution in [1.82, 2.24) is 15.4 Å². The zero-order chi connectivity index (χ0) is 20.6. The third-order valence-corrected chi connectivity index (χ3v) is 4.32. The number of nitrogens with zero attached hydrogens (tertiary/aromatic N) is 3. The molecule has 0 radical (unpaired) electrons. The Labute approximate surface area is 173 Å². The lowest BCUT2D eigenvalue weighted by Gasteiger charge is -2.06. The number of nitrogens with one attached hydrogen (secondary N) is 1. The fourth-order valence-electron chi connectivity index (χ4n) is 2.51. The number of methoxy groups -OCH3 is 1. The predicted molar refractivity (Wildman–Crippen MR) is 112 cm³/mol. The molecule has 8 heteroatoms. The molecule has 1 amide bonds. The van der Waals surface area contributed by atoms with Gasteiger partial charge in [-0.25, -0.2) is 10.4 Å². The van der Waals surface area contributed by atoms with Crippen LogP contribution in [0.2, 0.25) is 5.02 Å². The summed E-state index contributed by atoms with van der Waals surface area (Å²) in [6, 6.07) is 12.7. The van der Waals surface area contributed by atoms with E-state index in [2.05, 4.69) is 20.5 Å². The quantitative estimate of drug-likeness (QED) is 0.470. The van der Waals surface area contributed by atoms with Crippen LogP contribution in [0, 0.1) is 0 Å². The van der Waals surface area contributed by atoms with Crippen LogP contribution in [0.15, 0.2) is 60.0 Å². The first-order valence-electron chi connectivity index (χ1n) is 8.83. The summed E-state index contributed by atoms with van der Waals surface area (Å²) in [4.78, 5) is 20.8. The van der Waals surface area contributed by atoms with Gasteiger partial charge in [0.1, 0.15) is 17.2 Å². The van der Waals surface area contributed by atoms with Gasteiger partial charge in [-0.05, 0) is 37.3 Å². The van der Waals surface area contributed by atoms with E-state index in [1.807, 2.05) is 31.2 Å². The van der Waals surface area contributed by atoms with Crippen molar-refractivity contribution in [3.8, 4) is 22.8 Å². The van der Waals surface area contributed by atoms with E-state index in [0.29, 0.717) is 28.6 Å². The first-order valence-corrected chi connectivity index (χ1v) is 9.21. The Bertz CT molecular complexity index is 1020. The summed E-state index contributed by atoms with van der Waals surface area (Å²) in [6.07, 6.45) is 4.40. The molecule has 0 fully saturated rings. The second-order valence-electron chi connectivity index (χ2n) is 5.81. The third-order valence-electron chi connectivity index (χ3n) is 3.91. The molecule has 0 aliphatic rings. The van der Waals surface area contributed by atoms with Crippen LogP contribution >= 0.6 is 11.6 Å². The van der Waals surface area contributed by atoms with Gasteiger partial charge in [-0.1, -0.05) is 23.7 Å².